The summed E-state index contributed by atoms with van der Waals surface area (Å²) in [7, 11) is 0. The molecule has 0 saturated heterocycles. The molecule has 0 fully saturated rings. The van der Waals surface area contributed by atoms with Crippen molar-refractivity contribution in [3.8, 4) is 55.8 Å². The molecule has 2 nitrogen and oxygen atoms in total. The van der Waals surface area contributed by atoms with E-state index in [0.29, 0.717) is 0 Å². The molecule has 2 heterocycles. The monoisotopic (exact) mass is 758 g/mol. The van der Waals surface area contributed by atoms with Crippen molar-refractivity contribution >= 4 is 64.1 Å². The van der Waals surface area contributed by atoms with Crippen LogP contribution >= 0.6 is 11.3 Å². The van der Waals surface area contributed by atoms with E-state index >= 15 is 0 Å². The molecule has 58 heavy (non-hydrogen) atoms. The van der Waals surface area contributed by atoms with Gasteiger partial charge in [-0.25, -0.2) is 4.98 Å². The van der Waals surface area contributed by atoms with Crippen LogP contribution < -0.4 is 0 Å². The van der Waals surface area contributed by atoms with Gasteiger partial charge in [-0.3, -0.25) is 4.98 Å². The Labute approximate surface area is 341 Å². The lowest BCUT2D eigenvalue weighted by Gasteiger charge is -2.12. The van der Waals surface area contributed by atoms with E-state index in [9.17, 15) is 0 Å². The summed E-state index contributed by atoms with van der Waals surface area (Å²) in [6.45, 7) is 2.24. The quantitative estimate of drug-likeness (QED) is 0.151. The standard InChI is InChI=1S/C55H38N2S/c1-2-14-35-23-28-45-48(29-35)43-21-12-13-22-44(43)52-53(45)57-51(34-56-52)40-26-24-39(25-27-40)47-31-42(37-17-8-4-9-18-37)33-50-49-32-41(36-15-6-3-7-16-36)30-46(54(49)58-55(47)50)38-19-10-5-11-20-38/h3-13,15-34H,2,14H2,1H3. The van der Waals surface area contributed by atoms with Crippen LogP contribution in [-0.2, 0) is 6.42 Å². The molecule has 0 aliphatic rings. The molecule has 0 amide bonds. The third-order valence-electron chi connectivity index (χ3n) is 11.6. The van der Waals surface area contributed by atoms with Crippen molar-refractivity contribution in [2.24, 2.45) is 0 Å². The van der Waals surface area contributed by atoms with Gasteiger partial charge in [0, 0.05) is 47.6 Å². The van der Waals surface area contributed by atoms with Gasteiger partial charge in [0.25, 0.3) is 0 Å². The average Bonchev–Trinajstić information content (AvgIpc) is 3.68. The number of benzene rings is 9. The van der Waals surface area contributed by atoms with Gasteiger partial charge in [0.15, 0.2) is 0 Å². The van der Waals surface area contributed by atoms with E-state index in [1.54, 1.807) is 0 Å². The Morgan fingerprint density at radius 2 is 0.914 bits per heavy atom. The number of hydrogen-bond acceptors (Lipinski definition) is 3. The van der Waals surface area contributed by atoms with Crippen LogP contribution in [0, 0.1) is 0 Å². The Balaban J connectivity index is 1.09. The first kappa shape index (κ1) is 34.3. The van der Waals surface area contributed by atoms with Gasteiger partial charge in [-0.2, -0.15) is 0 Å². The van der Waals surface area contributed by atoms with Crippen LogP contribution in [0.4, 0.5) is 0 Å². The van der Waals surface area contributed by atoms with Gasteiger partial charge >= 0.3 is 0 Å². The molecular weight excluding hydrogens is 721 g/mol. The van der Waals surface area contributed by atoms with Crippen LogP contribution in [0.3, 0.4) is 0 Å². The lowest BCUT2D eigenvalue weighted by Crippen LogP contribution is -1.93. The van der Waals surface area contributed by atoms with E-state index in [-0.39, 0.29) is 0 Å². The molecule has 11 rings (SSSR count). The van der Waals surface area contributed by atoms with E-state index in [4.69, 9.17) is 9.97 Å². The van der Waals surface area contributed by atoms with Gasteiger partial charge in [0.05, 0.1) is 22.9 Å². The zero-order chi connectivity index (χ0) is 38.6. The van der Waals surface area contributed by atoms with Crippen molar-refractivity contribution in [2.45, 2.75) is 19.8 Å². The molecule has 0 bridgehead atoms. The highest BCUT2D eigenvalue weighted by molar-refractivity contribution is 7.27. The van der Waals surface area contributed by atoms with E-state index in [0.717, 1.165) is 45.9 Å². The van der Waals surface area contributed by atoms with Crippen molar-refractivity contribution < 1.29 is 0 Å². The first-order chi connectivity index (χ1) is 28.7. The molecule has 274 valence electrons. The van der Waals surface area contributed by atoms with E-state index in [1.165, 1.54) is 81.0 Å². The lowest BCUT2D eigenvalue weighted by molar-refractivity contribution is 0.924. The normalized spacial score (nSPS) is 11.7. The summed E-state index contributed by atoms with van der Waals surface area (Å²) in [5.41, 5.74) is 14.9. The molecule has 0 radical (unpaired) electrons. The minimum absolute atomic E-state index is 0.874. The molecule has 0 aliphatic carbocycles. The highest BCUT2D eigenvalue weighted by atomic mass is 32.1. The molecule has 0 saturated carbocycles. The van der Waals surface area contributed by atoms with Crippen molar-refractivity contribution in [3.63, 3.8) is 0 Å². The van der Waals surface area contributed by atoms with Crippen LogP contribution in [-0.4, -0.2) is 9.97 Å². The predicted octanol–water partition coefficient (Wildman–Crippen LogP) is 15.6. The Morgan fingerprint density at radius 1 is 0.397 bits per heavy atom. The molecule has 0 atom stereocenters. The zero-order valence-electron chi connectivity index (χ0n) is 32.1. The largest absolute Gasteiger partial charge is 0.252 e. The second kappa shape index (κ2) is 14.2. The van der Waals surface area contributed by atoms with Crippen LogP contribution in [0.1, 0.15) is 18.9 Å². The molecule has 0 aliphatic heterocycles. The maximum absolute atomic E-state index is 5.35. The molecule has 0 unspecified atom stereocenters. The SMILES string of the molecule is CCCc1ccc2c(c1)c1ccccc1c1ncc(-c3ccc(-c4cc(-c5ccccc5)cc5c4sc4c(-c6ccccc6)cc(-c6ccccc6)cc45)cc3)nc21. The summed E-state index contributed by atoms with van der Waals surface area (Å²) in [4.78, 5) is 10.4. The summed E-state index contributed by atoms with van der Waals surface area (Å²) in [5, 5.41) is 7.32. The highest BCUT2D eigenvalue weighted by Gasteiger charge is 2.19. The van der Waals surface area contributed by atoms with Gasteiger partial charge in [-0.05, 0) is 80.4 Å². The van der Waals surface area contributed by atoms with Crippen molar-refractivity contribution in [1.82, 2.24) is 9.97 Å². The number of nitrogens with zero attached hydrogens (tertiary/aromatic N) is 2. The van der Waals surface area contributed by atoms with E-state index < -0.39 is 0 Å². The smallest absolute Gasteiger partial charge is 0.0979 e. The molecule has 2 aromatic heterocycles. The lowest BCUT2D eigenvalue weighted by atomic mass is 9.93. The predicted molar refractivity (Wildman–Crippen MR) is 249 cm³/mol. The number of hydrogen-bond donors (Lipinski definition) is 0. The molecule has 0 N–H and O–H groups in total. The molecule has 3 heteroatoms. The molecule has 9 aromatic carbocycles. The molecule has 11 aromatic rings. The Kier molecular flexibility index (Phi) is 8.41. The first-order valence-corrected chi connectivity index (χ1v) is 20.9. The van der Waals surface area contributed by atoms with Crippen LogP contribution in [0.25, 0.3) is 109 Å². The molecular formula is C55H38N2S. The second-order valence-electron chi connectivity index (χ2n) is 15.2. The van der Waals surface area contributed by atoms with Gasteiger partial charge in [0.1, 0.15) is 0 Å². The summed E-state index contributed by atoms with van der Waals surface area (Å²) >= 11 is 1.90. The maximum atomic E-state index is 5.35. The van der Waals surface area contributed by atoms with Gasteiger partial charge in [-0.15, -0.1) is 11.3 Å². The van der Waals surface area contributed by atoms with Gasteiger partial charge in [0.2, 0.25) is 0 Å². The number of aryl methyl sites for hydroxylation is 1. The van der Waals surface area contributed by atoms with Gasteiger partial charge in [-0.1, -0.05) is 171 Å². The number of rotatable bonds is 7. The summed E-state index contributed by atoms with van der Waals surface area (Å²) in [5.74, 6) is 0. The molecule has 0 spiro atoms. The summed E-state index contributed by atoms with van der Waals surface area (Å²) < 4.78 is 2.59. The fraction of sp³-hybridized carbons (Fsp3) is 0.0545. The zero-order valence-corrected chi connectivity index (χ0v) is 32.9. The number of aromatic nitrogens is 2. The minimum Gasteiger partial charge on any atom is -0.252 e. The second-order valence-corrected chi connectivity index (χ2v) is 16.2. The van der Waals surface area contributed by atoms with Crippen molar-refractivity contribution in [1.29, 1.82) is 0 Å². The topological polar surface area (TPSA) is 25.8 Å². The van der Waals surface area contributed by atoms with Crippen LogP contribution in [0.2, 0.25) is 0 Å². The number of fused-ring (bicyclic) bond motifs is 9. The average molecular weight is 759 g/mol. The summed E-state index contributed by atoms with van der Waals surface area (Å²) in [6, 6.07) is 66.3. The number of thiophene rings is 1. The Hall–Kier alpha value is -6.94. The third kappa shape index (κ3) is 5.86. The fourth-order valence-corrected chi connectivity index (χ4v) is 10.1. The Morgan fingerprint density at radius 3 is 1.52 bits per heavy atom. The first-order valence-electron chi connectivity index (χ1n) is 20.1. The van der Waals surface area contributed by atoms with E-state index in [2.05, 4.69) is 189 Å². The van der Waals surface area contributed by atoms with Crippen molar-refractivity contribution in [3.05, 3.63) is 194 Å². The Bertz CT molecular complexity index is 3310. The van der Waals surface area contributed by atoms with Crippen LogP contribution in [0.15, 0.2) is 188 Å². The fourth-order valence-electron chi connectivity index (χ4n) is 8.74. The third-order valence-corrected chi connectivity index (χ3v) is 12.9. The minimum atomic E-state index is 0.874. The van der Waals surface area contributed by atoms with Crippen LogP contribution in [0.5, 0.6) is 0 Å². The maximum Gasteiger partial charge on any atom is 0.0979 e. The highest BCUT2D eigenvalue weighted by Crippen LogP contribution is 2.47. The van der Waals surface area contributed by atoms with Crippen molar-refractivity contribution in [2.75, 3.05) is 0 Å². The van der Waals surface area contributed by atoms with Gasteiger partial charge < -0.3 is 0 Å². The summed E-state index contributed by atoms with van der Waals surface area (Å²) in [6.07, 6.45) is 4.12. The van der Waals surface area contributed by atoms with E-state index in [1.807, 2.05) is 17.5 Å².